The lowest BCUT2D eigenvalue weighted by Gasteiger charge is -2.10. The van der Waals surface area contributed by atoms with Gasteiger partial charge in [-0.05, 0) is 34.2 Å². The second-order valence-corrected chi connectivity index (χ2v) is 4.54. The number of hydrogen-bond acceptors (Lipinski definition) is 4. The van der Waals surface area contributed by atoms with Crippen LogP contribution in [0.3, 0.4) is 0 Å². The topological polar surface area (TPSA) is 84.3 Å². The first kappa shape index (κ1) is 14.5. The van der Waals surface area contributed by atoms with Gasteiger partial charge in [0.25, 0.3) is 5.69 Å². The number of nitrogens with zero attached hydrogens (tertiary/aromatic N) is 1. The number of halogens is 1. The largest absolute Gasteiger partial charge is 0.331 e. The van der Waals surface area contributed by atoms with Crippen LogP contribution in [0.1, 0.15) is 13.3 Å². The van der Waals surface area contributed by atoms with Crippen molar-refractivity contribution in [2.24, 2.45) is 0 Å². The minimum Gasteiger partial charge on any atom is -0.331 e. The van der Waals surface area contributed by atoms with Crippen LogP contribution in [0, 0.1) is 10.1 Å². The highest BCUT2D eigenvalue weighted by atomic mass is 79.9. The van der Waals surface area contributed by atoms with Crippen molar-refractivity contribution in [2.45, 2.75) is 13.3 Å². The summed E-state index contributed by atoms with van der Waals surface area (Å²) >= 11 is 8.11. The summed E-state index contributed by atoms with van der Waals surface area (Å²) in [4.78, 5) is 21.2. The Balaban J connectivity index is 2.77. The Morgan fingerprint density at radius 3 is 2.72 bits per heavy atom. The van der Waals surface area contributed by atoms with Crippen molar-refractivity contribution in [2.75, 3.05) is 5.32 Å². The summed E-state index contributed by atoms with van der Waals surface area (Å²) < 4.78 is 0.491. The lowest BCUT2D eigenvalue weighted by atomic mass is 10.3. The number of nitro benzene ring substituents is 1. The molecule has 0 fully saturated rings. The van der Waals surface area contributed by atoms with Crippen molar-refractivity contribution in [3.63, 3.8) is 0 Å². The van der Waals surface area contributed by atoms with Crippen LogP contribution in [0.4, 0.5) is 11.4 Å². The molecule has 0 heterocycles. The zero-order valence-electron chi connectivity index (χ0n) is 9.40. The van der Waals surface area contributed by atoms with E-state index in [0.29, 0.717) is 16.6 Å². The molecule has 0 bridgehead atoms. The van der Waals surface area contributed by atoms with E-state index in [0.717, 1.165) is 0 Å². The Hall–Kier alpha value is -1.54. The first-order valence-corrected chi connectivity index (χ1v) is 6.19. The van der Waals surface area contributed by atoms with Gasteiger partial charge in [0.15, 0.2) is 5.11 Å². The predicted molar refractivity (Wildman–Crippen MR) is 75.5 cm³/mol. The van der Waals surface area contributed by atoms with E-state index in [1.54, 1.807) is 6.92 Å². The number of carbonyl (C=O) groups is 1. The van der Waals surface area contributed by atoms with Crippen LogP contribution in [0.2, 0.25) is 0 Å². The molecule has 1 amide bonds. The van der Waals surface area contributed by atoms with Crippen LogP contribution in [-0.4, -0.2) is 15.9 Å². The van der Waals surface area contributed by atoms with Gasteiger partial charge < -0.3 is 10.6 Å². The Labute approximate surface area is 117 Å². The molecule has 0 aliphatic carbocycles. The molecule has 1 aromatic rings. The Morgan fingerprint density at radius 1 is 1.56 bits per heavy atom. The average molecular weight is 332 g/mol. The lowest BCUT2D eigenvalue weighted by Crippen LogP contribution is -2.33. The van der Waals surface area contributed by atoms with Crippen molar-refractivity contribution >= 4 is 50.5 Å². The van der Waals surface area contributed by atoms with Gasteiger partial charge in [-0.25, -0.2) is 0 Å². The fraction of sp³-hybridized carbons (Fsp3) is 0.200. The van der Waals surface area contributed by atoms with Gasteiger partial charge in [0.2, 0.25) is 5.91 Å². The first-order chi connectivity index (χ1) is 8.43. The van der Waals surface area contributed by atoms with Crippen molar-refractivity contribution < 1.29 is 9.72 Å². The molecule has 0 aliphatic heterocycles. The van der Waals surface area contributed by atoms with Gasteiger partial charge in [-0.2, -0.15) is 0 Å². The van der Waals surface area contributed by atoms with Crippen molar-refractivity contribution in [1.82, 2.24) is 5.32 Å². The highest BCUT2D eigenvalue weighted by molar-refractivity contribution is 9.10. The lowest BCUT2D eigenvalue weighted by molar-refractivity contribution is -0.384. The van der Waals surface area contributed by atoms with Gasteiger partial charge in [-0.3, -0.25) is 14.9 Å². The molecule has 6 nitrogen and oxygen atoms in total. The molecule has 1 aromatic carbocycles. The monoisotopic (exact) mass is 331 g/mol. The average Bonchev–Trinajstić information content (AvgIpc) is 2.31. The zero-order chi connectivity index (χ0) is 13.7. The van der Waals surface area contributed by atoms with Crippen molar-refractivity contribution in [3.8, 4) is 0 Å². The maximum absolute atomic E-state index is 11.1. The number of non-ortho nitro benzene ring substituents is 1. The molecular weight excluding hydrogens is 322 g/mol. The molecule has 8 heteroatoms. The van der Waals surface area contributed by atoms with Crippen molar-refractivity contribution in [1.29, 1.82) is 0 Å². The van der Waals surface area contributed by atoms with E-state index in [-0.39, 0.29) is 16.7 Å². The third kappa shape index (κ3) is 4.04. The van der Waals surface area contributed by atoms with Crippen LogP contribution in [0.15, 0.2) is 22.7 Å². The number of nitro groups is 1. The summed E-state index contributed by atoms with van der Waals surface area (Å²) in [6, 6.07) is 4.20. The van der Waals surface area contributed by atoms with Crippen LogP contribution < -0.4 is 10.6 Å². The molecule has 0 radical (unpaired) electrons. The maximum Gasteiger partial charge on any atom is 0.270 e. The minimum absolute atomic E-state index is 0.0315. The van der Waals surface area contributed by atoms with E-state index in [4.69, 9.17) is 12.2 Å². The van der Waals surface area contributed by atoms with Gasteiger partial charge in [0.05, 0.1) is 10.6 Å². The number of nitrogens with one attached hydrogen (secondary N) is 2. The molecule has 2 N–H and O–H groups in total. The van der Waals surface area contributed by atoms with Gasteiger partial charge in [-0.15, -0.1) is 0 Å². The first-order valence-electron chi connectivity index (χ1n) is 4.98. The molecule has 0 atom stereocenters. The normalized spacial score (nSPS) is 9.67. The summed E-state index contributed by atoms with van der Waals surface area (Å²) in [5, 5.41) is 15.9. The number of benzene rings is 1. The van der Waals surface area contributed by atoms with Crippen molar-refractivity contribution in [3.05, 3.63) is 32.8 Å². The molecule has 0 aliphatic rings. The highest BCUT2D eigenvalue weighted by Crippen LogP contribution is 2.26. The summed E-state index contributed by atoms with van der Waals surface area (Å²) in [6.45, 7) is 1.71. The Bertz CT molecular complexity index is 507. The number of rotatable bonds is 3. The Morgan fingerprint density at radius 2 is 2.22 bits per heavy atom. The molecule has 0 unspecified atom stereocenters. The van der Waals surface area contributed by atoms with Gasteiger partial charge in [0.1, 0.15) is 0 Å². The van der Waals surface area contributed by atoms with Gasteiger partial charge in [-0.1, -0.05) is 6.92 Å². The second-order valence-electron chi connectivity index (χ2n) is 3.28. The fourth-order valence-electron chi connectivity index (χ4n) is 1.09. The second kappa shape index (κ2) is 6.41. The SMILES string of the molecule is CCC(=O)NC(=S)Nc1ccc([N+](=O)[O-])cc1Br. The summed E-state index contributed by atoms with van der Waals surface area (Å²) in [6.07, 6.45) is 0.323. The number of anilines is 1. The van der Waals surface area contributed by atoms with E-state index in [9.17, 15) is 14.9 Å². The van der Waals surface area contributed by atoms with Gasteiger partial charge in [0, 0.05) is 23.0 Å². The fourth-order valence-corrected chi connectivity index (χ4v) is 1.78. The molecule has 18 heavy (non-hydrogen) atoms. The third-order valence-corrected chi connectivity index (χ3v) is 2.85. The molecule has 0 aromatic heterocycles. The molecule has 0 saturated heterocycles. The summed E-state index contributed by atoms with van der Waals surface area (Å²) in [7, 11) is 0. The number of thiocarbonyl (C=S) groups is 1. The highest BCUT2D eigenvalue weighted by Gasteiger charge is 2.10. The molecule has 1 rings (SSSR count). The van der Waals surface area contributed by atoms with E-state index in [2.05, 4.69) is 26.6 Å². The molecular formula is C10H10BrN3O3S. The van der Waals surface area contributed by atoms with Crippen LogP contribution in [0.25, 0.3) is 0 Å². The number of hydrogen-bond donors (Lipinski definition) is 2. The van der Waals surface area contributed by atoms with Crippen LogP contribution in [0.5, 0.6) is 0 Å². The van der Waals surface area contributed by atoms with E-state index in [1.807, 2.05) is 0 Å². The number of carbonyl (C=O) groups excluding carboxylic acids is 1. The van der Waals surface area contributed by atoms with E-state index < -0.39 is 4.92 Å². The maximum atomic E-state index is 11.1. The zero-order valence-corrected chi connectivity index (χ0v) is 11.8. The third-order valence-electron chi connectivity index (χ3n) is 1.99. The van der Waals surface area contributed by atoms with E-state index >= 15 is 0 Å². The molecule has 96 valence electrons. The predicted octanol–water partition coefficient (Wildman–Crippen LogP) is 2.58. The van der Waals surface area contributed by atoms with Crippen LogP contribution in [-0.2, 0) is 4.79 Å². The standard InChI is InChI=1S/C10H10BrN3O3S/c1-2-9(15)13-10(18)12-8-4-3-6(14(16)17)5-7(8)11/h3-5H,2H2,1H3,(H2,12,13,15,18). The molecule has 0 saturated carbocycles. The summed E-state index contributed by atoms with van der Waals surface area (Å²) in [5.41, 5.74) is 0.512. The van der Waals surface area contributed by atoms with Gasteiger partial charge >= 0.3 is 0 Å². The quantitative estimate of drug-likeness (QED) is 0.505. The molecule has 0 spiro atoms. The van der Waals surface area contributed by atoms with Crippen LogP contribution >= 0.6 is 28.1 Å². The minimum atomic E-state index is -0.494. The van der Waals surface area contributed by atoms with E-state index in [1.165, 1.54) is 18.2 Å². The summed E-state index contributed by atoms with van der Waals surface area (Å²) in [5.74, 6) is -0.203. The smallest absolute Gasteiger partial charge is 0.270 e. The number of amides is 1. The Kier molecular flexibility index (Phi) is 5.17.